The number of carbonyl (C=O) groups is 6. The second kappa shape index (κ2) is 21.8. The van der Waals surface area contributed by atoms with Gasteiger partial charge < -0.3 is 40.9 Å². The van der Waals surface area contributed by atoms with Crippen molar-refractivity contribution in [2.75, 3.05) is 51.8 Å². The zero-order valence-electron chi connectivity index (χ0n) is 24.0. The molecule has 0 heterocycles. The number of ketones is 1. The van der Waals surface area contributed by atoms with Gasteiger partial charge in [0.2, 0.25) is 23.6 Å². The van der Waals surface area contributed by atoms with Crippen molar-refractivity contribution in [3.63, 3.8) is 0 Å². The Hall–Kier alpha value is -4.00. The topological polar surface area (TPSA) is 181 Å². The van der Waals surface area contributed by atoms with E-state index in [-0.39, 0.29) is 63.2 Å². The van der Waals surface area contributed by atoms with Gasteiger partial charge in [-0.05, 0) is 37.5 Å². The molecule has 0 unspecified atom stereocenters. The third-order valence-corrected chi connectivity index (χ3v) is 5.59. The smallest absolute Gasteiger partial charge is 0.407 e. The van der Waals surface area contributed by atoms with Crippen molar-refractivity contribution in [1.29, 1.82) is 0 Å². The van der Waals surface area contributed by atoms with Crippen molar-refractivity contribution in [3.8, 4) is 0 Å². The molecule has 0 aliphatic heterocycles. The predicted octanol–water partition coefficient (Wildman–Crippen LogP) is 1.21. The summed E-state index contributed by atoms with van der Waals surface area (Å²) >= 11 is 0. The van der Waals surface area contributed by atoms with Crippen LogP contribution in [0.25, 0.3) is 0 Å². The van der Waals surface area contributed by atoms with Crippen LogP contribution >= 0.6 is 0 Å². The number of carbonyl (C=O) groups excluding carboxylic acids is 6. The Morgan fingerprint density at radius 1 is 0.683 bits per heavy atom. The molecule has 228 valence electrons. The molecule has 1 aromatic carbocycles. The van der Waals surface area contributed by atoms with E-state index in [1.165, 1.54) is 7.05 Å². The minimum absolute atomic E-state index is 0.138. The van der Waals surface area contributed by atoms with Crippen LogP contribution in [-0.2, 0) is 39.9 Å². The van der Waals surface area contributed by atoms with E-state index < -0.39 is 17.9 Å². The zero-order chi connectivity index (χ0) is 30.3. The largest absolute Gasteiger partial charge is 0.449 e. The standard InChI is InChI=1S/C28H43N5O8/c1-21(34)7-4-3-5-13-32-28(39)41-17-6-16-40-18-15-31-26(37)20-27(38)33-23-10-8-22(9-11-23)19-25(36)30-14-12-24(35)29-2/h8-11H,3-7,12-20H2,1-2H3,(H,29,35)(H,30,36)(H,31,37)(H,32,39)(H,33,38). The van der Waals surface area contributed by atoms with Crippen molar-refractivity contribution < 1.29 is 38.2 Å². The molecular formula is C28H43N5O8. The molecule has 0 aliphatic carbocycles. The summed E-state index contributed by atoms with van der Waals surface area (Å²) in [5, 5.41) is 13.0. The molecule has 1 aromatic rings. The summed E-state index contributed by atoms with van der Waals surface area (Å²) < 4.78 is 10.4. The van der Waals surface area contributed by atoms with Crippen LogP contribution in [-0.4, -0.2) is 82.0 Å². The fourth-order valence-corrected chi connectivity index (χ4v) is 3.42. The number of ether oxygens (including phenoxy) is 2. The van der Waals surface area contributed by atoms with Crippen molar-refractivity contribution in [3.05, 3.63) is 29.8 Å². The Kier molecular flexibility index (Phi) is 18.6. The summed E-state index contributed by atoms with van der Waals surface area (Å²) in [4.78, 5) is 69.6. The van der Waals surface area contributed by atoms with Crippen LogP contribution in [0.4, 0.5) is 10.5 Å². The number of hydrogen-bond acceptors (Lipinski definition) is 8. The maximum Gasteiger partial charge on any atom is 0.407 e. The molecule has 0 saturated heterocycles. The van der Waals surface area contributed by atoms with Gasteiger partial charge in [0.05, 0.1) is 19.6 Å². The number of Topliss-reactive ketones (excluding diaryl/α,β-unsaturated/α-hetero) is 1. The second-order valence-corrected chi connectivity index (χ2v) is 9.26. The van der Waals surface area contributed by atoms with Crippen LogP contribution in [0, 0.1) is 0 Å². The van der Waals surface area contributed by atoms with E-state index in [0.717, 1.165) is 24.8 Å². The average Bonchev–Trinajstić information content (AvgIpc) is 2.92. The highest BCUT2D eigenvalue weighted by molar-refractivity contribution is 6.03. The van der Waals surface area contributed by atoms with Gasteiger partial charge in [0.1, 0.15) is 12.2 Å². The number of unbranched alkanes of at least 4 members (excludes halogenated alkanes) is 2. The molecule has 1 rings (SSSR count). The van der Waals surface area contributed by atoms with E-state index >= 15 is 0 Å². The van der Waals surface area contributed by atoms with Crippen LogP contribution in [0.2, 0.25) is 0 Å². The number of hydrogen-bond donors (Lipinski definition) is 5. The van der Waals surface area contributed by atoms with Crippen LogP contribution in [0.5, 0.6) is 0 Å². The molecule has 41 heavy (non-hydrogen) atoms. The normalized spacial score (nSPS) is 10.3. The Labute approximate surface area is 240 Å². The molecule has 13 nitrogen and oxygen atoms in total. The Balaban J connectivity index is 2.06. The summed E-state index contributed by atoms with van der Waals surface area (Å²) in [6.07, 6.45) is 3.05. The van der Waals surface area contributed by atoms with Gasteiger partial charge in [-0.25, -0.2) is 4.79 Å². The molecule has 0 saturated carbocycles. The van der Waals surface area contributed by atoms with E-state index in [9.17, 15) is 28.8 Å². The summed E-state index contributed by atoms with van der Waals surface area (Å²) in [5.74, 6) is -1.12. The Morgan fingerprint density at radius 3 is 2.12 bits per heavy atom. The van der Waals surface area contributed by atoms with Gasteiger partial charge in [0.25, 0.3) is 0 Å². The molecule has 0 radical (unpaired) electrons. The van der Waals surface area contributed by atoms with E-state index in [1.807, 2.05) is 0 Å². The average molecular weight is 578 g/mol. The quantitative estimate of drug-likeness (QED) is 0.107. The van der Waals surface area contributed by atoms with Gasteiger partial charge in [-0.2, -0.15) is 0 Å². The summed E-state index contributed by atoms with van der Waals surface area (Å²) in [5.41, 5.74) is 1.23. The first-order valence-corrected chi connectivity index (χ1v) is 13.8. The van der Waals surface area contributed by atoms with Crippen molar-refractivity contribution >= 4 is 41.2 Å². The lowest BCUT2D eigenvalue weighted by atomic mass is 10.1. The molecule has 0 atom stereocenters. The first kappa shape index (κ1) is 35.0. The summed E-state index contributed by atoms with van der Waals surface area (Å²) in [7, 11) is 1.53. The summed E-state index contributed by atoms with van der Waals surface area (Å²) in [6, 6.07) is 6.68. The highest BCUT2D eigenvalue weighted by Gasteiger charge is 2.10. The lowest BCUT2D eigenvalue weighted by Crippen LogP contribution is -2.31. The highest BCUT2D eigenvalue weighted by atomic mass is 16.5. The molecule has 5 amide bonds. The maximum atomic E-state index is 12.1. The van der Waals surface area contributed by atoms with Crippen LogP contribution in [0.3, 0.4) is 0 Å². The minimum Gasteiger partial charge on any atom is -0.449 e. The van der Waals surface area contributed by atoms with Crippen LogP contribution in [0.1, 0.15) is 57.4 Å². The van der Waals surface area contributed by atoms with Gasteiger partial charge in [0.15, 0.2) is 0 Å². The number of benzene rings is 1. The molecule has 0 fully saturated rings. The Bertz CT molecular complexity index is 984. The predicted molar refractivity (Wildman–Crippen MR) is 152 cm³/mol. The lowest BCUT2D eigenvalue weighted by molar-refractivity contribution is -0.127. The number of alkyl carbamates (subject to hydrolysis) is 1. The van der Waals surface area contributed by atoms with Crippen LogP contribution in [0.15, 0.2) is 24.3 Å². The molecule has 0 aromatic heterocycles. The van der Waals surface area contributed by atoms with Crippen molar-refractivity contribution in [1.82, 2.24) is 21.3 Å². The fraction of sp³-hybridized carbons (Fsp3) is 0.571. The van der Waals surface area contributed by atoms with Gasteiger partial charge >= 0.3 is 6.09 Å². The first-order valence-electron chi connectivity index (χ1n) is 13.8. The van der Waals surface area contributed by atoms with Crippen molar-refractivity contribution in [2.24, 2.45) is 0 Å². The second-order valence-electron chi connectivity index (χ2n) is 9.26. The molecule has 0 aliphatic rings. The molecule has 0 spiro atoms. The van der Waals surface area contributed by atoms with Gasteiger partial charge in [-0.15, -0.1) is 0 Å². The molecular weight excluding hydrogens is 534 g/mol. The zero-order valence-corrected chi connectivity index (χ0v) is 24.0. The number of amides is 5. The molecule has 13 heteroatoms. The number of nitrogens with one attached hydrogen (secondary N) is 5. The van der Waals surface area contributed by atoms with Crippen molar-refractivity contribution in [2.45, 2.75) is 58.3 Å². The number of anilines is 1. The SMILES string of the molecule is CNC(=O)CCNC(=O)Cc1ccc(NC(=O)CC(=O)NCCOCCCOC(=O)NCCCCCC(C)=O)cc1. The fourth-order valence-electron chi connectivity index (χ4n) is 3.42. The maximum absolute atomic E-state index is 12.1. The van der Waals surface area contributed by atoms with E-state index in [0.29, 0.717) is 31.7 Å². The first-order chi connectivity index (χ1) is 19.7. The minimum atomic E-state index is -0.489. The number of rotatable bonds is 21. The van der Waals surface area contributed by atoms with Gasteiger partial charge in [-0.1, -0.05) is 18.6 Å². The van der Waals surface area contributed by atoms with E-state index in [2.05, 4.69) is 26.6 Å². The summed E-state index contributed by atoms with van der Waals surface area (Å²) in [6.45, 7) is 3.35. The third kappa shape index (κ3) is 19.7. The monoisotopic (exact) mass is 577 g/mol. The molecule has 0 bridgehead atoms. The highest BCUT2D eigenvalue weighted by Crippen LogP contribution is 2.10. The lowest BCUT2D eigenvalue weighted by Gasteiger charge is -2.09. The van der Waals surface area contributed by atoms with Crippen LogP contribution < -0.4 is 26.6 Å². The van der Waals surface area contributed by atoms with Gasteiger partial charge in [-0.3, -0.25) is 19.2 Å². The van der Waals surface area contributed by atoms with Gasteiger partial charge in [0, 0.05) is 58.2 Å². The molecule has 5 N–H and O–H groups in total. The van der Waals surface area contributed by atoms with E-state index in [1.54, 1.807) is 31.2 Å². The Morgan fingerprint density at radius 2 is 1.41 bits per heavy atom. The van der Waals surface area contributed by atoms with E-state index in [4.69, 9.17) is 9.47 Å². The third-order valence-electron chi connectivity index (χ3n) is 5.59.